The Bertz CT molecular complexity index is 1010. The second kappa shape index (κ2) is 8.89. The lowest BCUT2D eigenvalue weighted by molar-refractivity contribution is 0.0714. The van der Waals surface area contributed by atoms with E-state index in [0.29, 0.717) is 25.3 Å². The van der Waals surface area contributed by atoms with Gasteiger partial charge in [-0.1, -0.05) is 35.5 Å². The van der Waals surface area contributed by atoms with Crippen LogP contribution in [0.25, 0.3) is 0 Å². The third kappa shape index (κ3) is 4.40. The van der Waals surface area contributed by atoms with Gasteiger partial charge in [0.15, 0.2) is 5.69 Å². The second-order valence-electron chi connectivity index (χ2n) is 7.35. The molecule has 4 rings (SSSR count). The van der Waals surface area contributed by atoms with E-state index in [0.717, 1.165) is 24.9 Å². The number of nitrogens with one attached hydrogen (secondary N) is 1. The Hall–Kier alpha value is -3.49. The lowest BCUT2D eigenvalue weighted by Crippen LogP contribution is -2.38. The molecule has 0 saturated carbocycles. The predicted octanol–water partition coefficient (Wildman–Crippen LogP) is 1.73. The van der Waals surface area contributed by atoms with Crippen molar-refractivity contribution in [3.05, 3.63) is 65.7 Å². The van der Waals surface area contributed by atoms with E-state index in [1.807, 2.05) is 48.4 Å². The standard InChI is InChI=1S/C21H25N7O2/c1-2-26-12-10-18(24-26)21(30)28-11-6-9-17(28)14-27-15-19(23-25-27)20(29)22-13-16-7-4-3-5-8-16/h3-5,7-8,10,12,15,17H,2,6,9,11,13-14H2,1H3,(H,22,29). The summed E-state index contributed by atoms with van der Waals surface area (Å²) in [5, 5.41) is 15.3. The molecule has 3 aromatic rings. The zero-order valence-corrected chi connectivity index (χ0v) is 16.9. The van der Waals surface area contributed by atoms with Gasteiger partial charge in [0.1, 0.15) is 5.69 Å². The summed E-state index contributed by atoms with van der Waals surface area (Å²) in [4.78, 5) is 27.1. The van der Waals surface area contributed by atoms with E-state index in [2.05, 4.69) is 20.7 Å². The van der Waals surface area contributed by atoms with Crippen molar-refractivity contribution >= 4 is 11.8 Å². The van der Waals surface area contributed by atoms with Gasteiger partial charge in [0.05, 0.1) is 18.8 Å². The Morgan fingerprint density at radius 1 is 1.13 bits per heavy atom. The molecular formula is C21H25N7O2. The molecular weight excluding hydrogens is 382 g/mol. The number of aryl methyl sites for hydroxylation is 1. The molecule has 30 heavy (non-hydrogen) atoms. The molecule has 3 heterocycles. The Labute approximate surface area is 174 Å². The van der Waals surface area contributed by atoms with Crippen molar-refractivity contribution in [3.8, 4) is 0 Å². The largest absolute Gasteiger partial charge is 0.347 e. The second-order valence-corrected chi connectivity index (χ2v) is 7.35. The number of aromatic nitrogens is 5. The summed E-state index contributed by atoms with van der Waals surface area (Å²) in [5.74, 6) is -0.333. The molecule has 1 aromatic carbocycles. The third-order valence-electron chi connectivity index (χ3n) is 5.29. The molecule has 156 valence electrons. The summed E-state index contributed by atoms with van der Waals surface area (Å²) in [6.07, 6.45) is 5.27. The summed E-state index contributed by atoms with van der Waals surface area (Å²) in [5.41, 5.74) is 1.75. The van der Waals surface area contributed by atoms with Crippen LogP contribution in [0.15, 0.2) is 48.8 Å². The molecule has 9 heteroatoms. The third-order valence-corrected chi connectivity index (χ3v) is 5.29. The Balaban J connectivity index is 1.36. The van der Waals surface area contributed by atoms with Crippen LogP contribution in [0, 0.1) is 0 Å². The van der Waals surface area contributed by atoms with Gasteiger partial charge < -0.3 is 10.2 Å². The van der Waals surface area contributed by atoms with Crippen LogP contribution in [-0.2, 0) is 19.6 Å². The molecule has 0 aliphatic carbocycles. The van der Waals surface area contributed by atoms with Gasteiger partial charge >= 0.3 is 0 Å². The highest BCUT2D eigenvalue weighted by molar-refractivity contribution is 5.92. The maximum atomic E-state index is 12.9. The predicted molar refractivity (Wildman–Crippen MR) is 110 cm³/mol. The van der Waals surface area contributed by atoms with Crippen LogP contribution in [0.1, 0.15) is 46.3 Å². The number of carbonyl (C=O) groups excluding carboxylic acids is 2. The number of hydrogen-bond acceptors (Lipinski definition) is 5. The van der Waals surface area contributed by atoms with Crippen molar-refractivity contribution in [1.82, 2.24) is 35.0 Å². The van der Waals surface area contributed by atoms with Crippen molar-refractivity contribution in [2.45, 2.75) is 45.4 Å². The highest BCUT2D eigenvalue weighted by atomic mass is 16.2. The fourth-order valence-electron chi connectivity index (χ4n) is 3.67. The van der Waals surface area contributed by atoms with Crippen LogP contribution in [0.4, 0.5) is 0 Å². The molecule has 1 atom stereocenters. The molecule has 9 nitrogen and oxygen atoms in total. The van der Waals surface area contributed by atoms with Crippen LogP contribution in [-0.4, -0.2) is 54.1 Å². The van der Waals surface area contributed by atoms with Crippen molar-refractivity contribution in [2.75, 3.05) is 6.54 Å². The molecule has 1 fully saturated rings. The van der Waals surface area contributed by atoms with Gasteiger partial charge in [-0.25, -0.2) is 4.68 Å². The van der Waals surface area contributed by atoms with Gasteiger partial charge in [-0.05, 0) is 31.4 Å². The van der Waals surface area contributed by atoms with E-state index in [-0.39, 0.29) is 23.6 Å². The van der Waals surface area contributed by atoms with Gasteiger partial charge in [-0.3, -0.25) is 14.3 Å². The normalized spacial score (nSPS) is 16.0. The molecule has 1 aliphatic rings. The minimum Gasteiger partial charge on any atom is -0.347 e. The Kier molecular flexibility index (Phi) is 5.87. The zero-order chi connectivity index (χ0) is 20.9. The SMILES string of the molecule is CCn1ccc(C(=O)N2CCCC2Cn2cc(C(=O)NCc3ccccc3)nn2)n1. The quantitative estimate of drug-likeness (QED) is 0.643. The molecule has 0 radical (unpaired) electrons. The number of nitrogens with zero attached hydrogens (tertiary/aromatic N) is 6. The topological polar surface area (TPSA) is 97.9 Å². The minimum absolute atomic E-state index is 0.00575. The Morgan fingerprint density at radius 2 is 1.97 bits per heavy atom. The van der Waals surface area contributed by atoms with Crippen molar-refractivity contribution < 1.29 is 9.59 Å². The van der Waals surface area contributed by atoms with E-state index >= 15 is 0 Å². The van der Waals surface area contributed by atoms with Crippen LogP contribution in [0.3, 0.4) is 0 Å². The van der Waals surface area contributed by atoms with E-state index < -0.39 is 0 Å². The minimum atomic E-state index is -0.269. The summed E-state index contributed by atoms with van der Waals surface area (Å²) >= 11 is 0. The lowest BCUT2D eigenvalue weighted by atomic mass is 10.2. The van der Waals surface area contributed by atoms with Gasteiger partial charge in [0.2, 0.25) is 0 Å². The number of likely N-dealkylation sites (tertiary alicyclic amines) is 1. The first-order chi connectivity index (χ1) is 14.6. The highest BCUT2D eigenvalue weighted by Gasteiger charge is 2.31. The summed E-state index contributed by atoms with van der Waals surface area (Å²) in [7, 11) is 0. The molecule has 0 bridgehead atoms. The van der Waals surface area contributed by atoms with Gasteiger partial charge in [-0.15, -0.1) is 5.10 Å². The monoisotopic (exact) mass is 407 g/mol. The first-order valence-corrected chi connectivity index (χ1v) is 10.2. The van der Waals surface area contributed by atoms with E-state index in [1.54, 1.807) is 21.6 Å². The zero-order valence-electron chi connectivity index (χ0n) is 16.9. The molecule has 2 amide bonds. The number of amides is 2. The van der Waals surface area contributed by atoms with Crippen LogP contribution >= 0.6 is 0 Å². The smallest absolute Gasteiger partial charge is 0.274 e. The Morgan fingerprint density at radius 3 is 2.73 bits per heavy atom. The summed E-state index contributed by atoms with van der Waals surface area (Å²) in [6.45, 7) is 4.34. The van der Waals surface area contributed by atoms with Crippen molar-refractivity contribution in [2.24, 2.45) is 0 Å². The fraction of sp³-hybridized carbons (Fsp3) is 0.381. The molecule has 1 N–H and O–H groups in total. The molecule has 2 aromatic heterocycles. The number of hydrogen-bond donors (Lipinski definition) is 1. The molecule has 1 saturated heterocycles. The number of rotatable bonds is 7. The highest BCUT2D eigenvalue weighted by Crippen LogP contribution is 2.21. The van der Waals surface area contributed by atoms with Crippen LogP contribution < -0.4 is 5.32 Å². The summed E-state index contributed by atoms with van der Waals surface area (Å²) < 4.78 is 3.38. The average Bonchev–Trinajstić information content (AvgIpc) is 3.53. The lowest BCUT2D eigenvalue weighted by Gasteiger charge is -2.23. The van der Waals surface area contributed by atoms with Crippen molar-refractivity contribution in [1.29, 1.82) is 0 Å². The maximum absolute atomic E-state index is 12.9. The van der Waals surface area contributed by atoms with Crippen LogP contribution in [0.2, 0.25) is 0 Å². The average molecular weight is 407 g/mol. The fourth-order valence-corrected chi connectivity index (χ4v) is 3.67. The summed E-state index contributed by atoms with van der Waals surface area (Å²) in [6, 6.07) is 11.5. The van der Waals surface area contributed by atoms with Gasteiger partial charge in [0.25, 0.3) is 11.8 Å². The first kappa shape index (κ1) is 19.8. The van der Waals surface area contributed by atoms with Gasteiger partial charge in [-0.2, -0.15) is 5.10 Å². The molecule has 1 unspecified atom stereocenters. The van der Waals surface area contributed by atoms with E-state index in [9.17, 15) is 9.59 Å². The number of benzene rings is 1. The number of carbonyl (C=O) groups is 2. The maximum Gasteiger partial charge on any atom is 0.274 e. The van der Waals surface area contributed by atoms with Gasteiger partial charge in [0, 0.05) is 25.8 Å². The van der Waals surface area contributed by atoms with Crippen molar-refractivity contribution in [3.63, 3.8) is 0 Å². The van der Waals surface area contributed by atoms with E-state index in [1.165, 1.54) is 0 Å². The molecule has 1 aliphatic heterocycles. The molecule has 0 spiro atoms. The first-order valence-electron chi connectivity index (χ1n) is 10.2. The van der Waals surface area contributed by atoms with E-state index in [4.69, 9.17) is 0 Å². The van der Waals surface area contributed by atoms with Crippen LogP contribution in [0.5, 0.6) is 0 Å².